The van der Waals surface area contributed by atoms with E-state index in [-0.39, 0.29) is 17.9 Å². The quantitative estimate of drug-likeness (QED) is 0.711. The Morgan fingerprint density at radius 3 is 2.55 bits per heavy atom. The molecule has 0 radical (unpaired) electrons. The van der Waals surface area contributed by atoms with Gasteiger partial charge in [-0.25, -0.2) is 0 Å². The molecule has 8 nitrogen and oxygen atoms in total. The molecule has 3 aromatic heterocycles. The molecule has 4 rings (SSSR count). The van der Waals surface area contributed by atoms with Gasteiger partial charge in [0.2, 0.25) is 0 Å². The van der Waals surface area contributed by atoms with E-state index in [1.54, 1.807) is 49.3 Å². The Morgan fingerprint density at radius 2 is 1.86 bits per heavy atom. The van der Waals surface area contributed by atoms with Gasteiger partial charge in [0.15, 0.2) is 0 Å². The molecule has 8 heteroatoms. The highest BCUT2D eigenvalue weighted by Gasteiger charge is 2.29. The van der Waals surface area contributed by atoms with Crippen LogP contribution in [0.4, 0.5) is 5.69 Å². The molecule has 29 heavy (non-hydrogen) atoms. The molecular formula is C21H24N4O4. The third-order valence-electron chi connectivity index (χ3n) is 5.37. The average Bonchev–Trinajstić information content (AvgIpc) is 3.43. The fourth-order valence-electron chi connectivity index (χ4n) is 3.78. The maximum Gasteiger partial charge on any atom is 0.259 e. The molecule has 0 saturated carbocycles. The van der Waals surface area contributed by atoms with E-state index in [0.717, 1.165) is 25.8 Å². The van der Waals surface area contributed by atoms with Crippen molar-refractivity contribution in [3.05, 3.63) is 59.7 Å². The molecule has 3 aromatic rings. The zero-order valence-corrected chi connectivity index (χ0v) is 16.6. The maximum absolute atomic E-state index is 13.0. The molecule has 1 aliphatic rings. The summed E-state index contributed by atoms with van der Waals surface area (Å²) in [5, 5.41) is 7.19. The first kappa shape index (κ1) is 19.0. The SMILES string of the molecule is Cc1occc1C(=O)Nc1cnn(CC2CCCCN2C(=O)c2ccoc2C)c1. The monoisotopic (exact) mass is 396 g/mol. The lowest BCUT2D eigenvalue weighted by molar-refractivity contribution is 0.0582. The van der Waals surface area contributed by atoms with Gasteiger partial charge in [0.25, 0.3) is 11.8 Å². The number of furan rings is 2. The van der Waals surface area contributed by atoms with Crippen LogP contribution in [0.2, 0.25) is 0 Å². The predicted molar refractivity (Wildman–Crippen MR) is 106 cm³/mol. The fourth-order valence-corrected chi connectivity index (χ4v) is 3.78. The molecule has 0 aromatic carbocycles. The van der Waals surface area contributed by atoms with Gasteiger partial charge in [0, 0.05) is 12.7 Å². The van der Waals surface area contributed by atoms with Crippen LogP contribution in [0.5, 0.6) is 0 Å². The molecule has 0 spiro atoms. The minimum absolute atomic E-state index is 0.00272. The number of likely N-dealkylation sites (tertiary alicyclic amines) is 1. The van der Waals surface area contributed by atoms with Gasteiger partial charge in [0.1, 0.15) is 11.5 Å². The Hall–Kier alpha value is -3.29. The number of hydrogen-bond donors (Lipinski definition) is 1. The van der Waals surface area contributed by atoms with Gasteiger partial charge in [0.05, 0.1) is 48.1 Å². The van der Waals surface area contributed by atoms with Crippen LogP contribution in [0.25, 0.3) is 0 Å². The normalized spacial score (nSPS) is 16.8. The van der Waals surface area contributed by atoms with Crippen molar-refractivity contribution >= 4 is 17.5 Å². The number of carbonyl (C=O) groups is 2. The lowest BCUT2D eigenvalue weighted by Gasteiger charge is -2.35. The van der Waals surface area contributed by atoms with E-state index >= 15 is 0 Å². The first-order valence-electron chi connectivity index (χ1n) is 9.76. The van der Waals surface area contributed by atoms with E-state index in [1.807, 2.05) is 4.90 Å². The first-order chi connectivity index (χ1) is 14.0. The summed E-state index contributed by atoms with van der Waals surface area (Å²) in [4.78, 5) is 27.2. The van der Waals surface area contributed by atoms with Crippen LogP contribution in [0, 0.1) is 13.8 Å². The summed E-state index contributed by atoms with van der Waals surface area (Å²) in [5.41, 5.74) is 1.72. The molecule has 1 atom stereocenters. The molecule has 1 aliphatic heterocycles. The average molecular weight is 396 g/mol. The summed E-state index contributed by atoms with van der Waals surface area (Å²) >= 11 is 0. The van der Waals surface area contributed by atoms with Crippen LogP contribution >= 0.6 is 0 Å². The Balaban J connectivity index is 1.44. The smallest absolute Gasteiger partial charge is 0.259 e. The molecular weight excluding hydrogens is 372 g/mol. The lowest BCUT2D eigenvalue weighted by atomic mass is 10.0. The number of aryl methyl sites for hydroxylation is 2. The highest BCUT2D eigenvalue weighted by Crippen LogP contribution is 2.23. The Bertz CT molecular complexity index is 1020. The zero-order valence-electron chi connectivity index (χ0n) is 16.6. The van der Waals surface area contributed by atoms with Crippen LogP contribution in [0.15, 0.2) is 45.9 Å². The van der Waals surface area contributed by atoms with Crippen LogP contribution < -0.4 is 5.32 Å². The van der Waals surface area contributed by atoms with Crippen LogP contribution in [0.3, 0.4) is 0 Å². The van der Waals surface area contributed by atoms with E-state index in [9.17, 15) is 9.59 Å². The molecule has 0 bridgehead atoms. The number of hydrogen-bond acceptors (Lipinski definition) is 5. The maximum atomic E-state index is 13.0. The van der Waals surface area contributed by atoms with Crippen molar-refractivity contribution < 1.29 is 18.4 Å². The Labute approximate surface area is 168 Å². The van der Waals surface area contributed by atoms with Gasteiger partial charge in [-0.2, -0.15) is 5.10 Å². The number of amides is 2. The van der Waals surface area contributed by atoms with Gasteiger partial charge in [-0.1, -0.05) is 0 Å². The highest BCUT2D eigenvalue weighted by molar-refractivity contribution is 6.04. The summed E-state index contributed by atoms with van der Waals surface area (Å²) in [6.07, 6.45) is 9.41. The van der Waals surface area contributed by atoms with E-state index < -0.39 is 0 Å². The predicted octanol–water partition coefficient (Wildman–Crippen LogP) is 3.63. The van der Waals surface area contributed by atoms with Crippen molar-refractivity contribution in [2.45, 2.75) is 45.7 Å². The van der Waals surface area contributed by atoms with Gasteiger partial charge in [-0.3, -0.25) is 14.3 Å². The molecule has 4 heterocycles. The van der Waals surface area contributed by atoms with Gasteiger partial charge >= 0.3 is 0 Å². The number of nitrogens with one attached hydrogen (secondary N) is 1. The molecule has 1 N–H and O–H groups in total. The Morgan fingerprint density at radius 1 is 1.14 bits per heavy atom. The fraction of sp³-hybridized carbons (Fsp3) is 0.381. The molecule has 2 amide bonds. The first-order valence-corrected chi connectivity index (χ1v) is 9.76. The number of piperidine rings is 1. The van der Waals surface area contributed by atoms with Crippen molar-refractivity contribution in [3.8, 4) is 0 Å². The van der Waals surface area contributed by atoms with E-state index in [2.05, 4.69) is 10.4 Å². The molecule has 1 fully saturated rings. The highest BCUT2D eigenvalue weighted by atomic mass is 16.3. The third kappa shape index (κ3) is 3.96. The summed E-state index contributed by atoms with van der Waals surface area (Å²) < 4.78 is 12.2. The summed E-state index contributed by atoms with van der Waals surface area (Å²) in [6.45, 7) is 4.84. The standard InChI is InChI=1S/C21H24N4O4/c1-14-18(6-9-28-14)20(26)23-16-11-22-24(12-16)13-17-5-3-4-8-25(17)21(27)19-7-10-29-15(19)2/h6-7,9-12,17H,3-5,8,13H2,1-2H3,(H,23,26). The van der Waals surface area contributed by atoms with Crippen molar-refractivity contribution in [3.63, 3.8) is 0 Å². The van der Waals surface area contributed by atoms with E-state index in [1.165, 1.54) is 6.26 Å². The third-order valence-corrected chi connectivity index (χ3v) is 5.37. The number of rotatable bonds is 5. The minimum atomic E-state index is -0.235. The topological polar surface area (TPSA) is 93.5 Å². The number of carbonyl (C=O) groups excluding carboxylic acids is 2. The Kier molecular flexibility index (Phi) is 5.24. The van der Waals surface area contributed by atoms with Crippen molar-refractivity contribution in [2.75, 3.05) is 11.9 Å². The van der Waals surface area contributed by atoms with Crippen LogP contribution in [0.1, 0.15) is 51.5 Å². The number of anilines is 1. The van der Waals surface area contributed by atoms with E-state index in [4.69, 9.17) is 8.83 Å². The second-order valence-electron chi connectivity index (χ2n) is 7.33. The molecule has 152 valence electrons. The summed E-state index contributed by atoms with van der Waals surface area (Å²) in [6, 6.07) is 3.41. The molecule has 1 unspecified atom stereocenters. The number of aromatic nitrogens is 2. The summed E-state index contributed by atoms with van der Waals surface area (Å²) in [7, 11) is 0. The van der Waals surface area contributed by atoms with Crippen molar-refractivity contribution in [2.24, 2.45) is 0 Å². The molecule has 0 aliphatic carbocycles. The van der Waals surface area contributed by atoms with E-state index in [0.29, 0.717) is 34.9 Å². The van der Waals surface area contributed by atoms with Gasteiger partial charge < -0.3 is 19.1 Å². The van der Waals surface area contributed by atoms with Crippen LogP contribution in [-0.2, 0) is 6.54 Å². The summed E-state index contributed by atoms with van der Waals surface area (Å²) in [5.74, 6) is 0.969. The van der Waals surface area contributed by atoms with Crippen molar-refractivity contribution in [1.82, 2.24) is 14.7 Å². The minimum Gasteiger partial charge on any atom is -0.469 e. The largest absolute Gasteiger partial charge is 0.469 e. The van der Waals surface area contributed by atoms with Gasteiger partial charge in [-0.05, 0) is 45.2 Å². The molecule has 1 saturated heterocycles. The lowest BCUT2D eigenvalue weighted by Crippen LogP contribution is -2.46. The van der Waals surface area contributed by atoms with Gasteiger partial charge in [-0.15, -0.1) is 0 Å². The van der Waals surface area contributed by atoms with Crippen molar-refractivity contribution in [1.29, 1.82) is 0 Å². The second-order valence-corrected chi connectivity index (χ2v) is 7.33. The second kappa shape index (κ2) is 7.98. The number of nitrogens with zero attached hydrogens (tertiary/aromatic N) is 3. The van der Waals surface area contributed by atoms with Crippen LogP contribution in [-0.4, -0.2) is 39.1 Å². The zero-order chi connectivity index (χ0) is 20.4.